The third-order valence-corrected chi connectivity index (χ3v) is 6.19. The Morgan fingerprint density at radius 1 is 0.742 bits per heavy atom. The van der Waals surface area contributed by atoms with Crippen LogP contribution in [-0.4, -0.2) is 31.8 Å². The van der Waals surface area contributed by atoms with Crippen LogP contribution in [-0.2, 0) is 9.47 Å². The van der Waals surface area contributed by atoms with Crippen molar-refractivity contribution in [2.24, 2.45) is 4.99 Å². The van der Waals surface area contributed by atoms with Crippen LogP contribution in [0.4, 0.5) is 0 Å². The second-order valence-electron chi connectivity index (χ2n) is 9.14. The lowest BCUT2D eigenvalue weighted by Gasteiger charge is -2.07. The molecule has 1 atom stereocenters. The van der Waals surface area contributed by atoms with Crippen molar-refractivity contribution < 1.29 is 9.47 Å². The second-order valence-corrected chi connectivity index (χ2v) is 9.14. The van der Waals surface area contributed by atoms with Gasteiger partial charge in [0.05, 0.1) is 6.61 Å². The standard InChI is InChI=1S/C28H47NO2/c1-2-3-4-5-6-7-8-9-10-11-12-13-14-15-16-20-23-30-24-27-25-31-28(29-27)26-21-18-17-19-22-26/h17-19,21-22,27H,2-16,20,23-25H2,1H3. The Labute approximate surface area is 192 Å². The smallest absolute Gasteiger partial charge is 0.216 e. The molecule has 1 aromatic rings. The minimum Gasteiger partial charge on any atom is -0.475 e. The quantitative estimate of drug-likeness (QED) is 0.196. The fourth-order valence-corrected chi connectivity index (χ4v) is 4.21. The van der Waals surface area contributed by atoms with Crippen LogP contribution in [0.1, 0.15) is 115 Å². The van der Waals surface area contributed by atoms with Gasteiger partial charge in [0, 0.05) is 12.2 Å². The molecule has 31 heavy (non-hydrogen) atoms. The molecule has 176 valence electrons. The van der Waals surface area contributed by atoms with Crippen LogP contribution >= 0.6 is 0 Å². The van der Waals surface area contributed by atoms with Crippen molar-refractivity contribution in [2.45, 2.75) is 116 Å². The van der Waals surface area contributed by atoms with E-state index in [2.05, 4.69) is 11.9 Å². The molecule has 0 fully saturated rings. The topological polar surface area (TPSA) is 30.8 Å². The first-order valence-electron chi connectivity index (χ1n) is 13.2. The van der Waals surface area contributed by atoms with E-state index in [1.165, 1.54) is 103 Å². The number of rotatable bonds is 20. The number of unbranched alkanes of at least 4 members (excludes halogenated alkanes) is 15. The monoisotopic (exact) mass is 429 g/mol. The summed E-state index contributed by atoms with van der Waals surface area (Å²) in [5.41, 5.74) is 1.06. The first-order chi connectivity index (χ1) is 15.4. The van der Waals surface area contributed by atoms with E-state index < -0.39 is 0 Å². The van der Waals surface area contributed by atoms with Crippen LogP contribution in [0, 0.1) is 0 Å². The van der Waals surface area contributed by atoms with Crippen molar-refractivity contribution in [2.75, 3.05) is 19.8 Å². The molecule has 0 saturated heterocycles. The summed E-state index contributed by atoms with van der Waals surface area (Å²) in [4.78, 5) is 4.64. The van der Waals surface area contributed by atoms with Crippen molar-refractivity contribution in [1.29, 1.82) is 0 Å². The lowest BCUT2D eigenvalue weighted by atomic mass is 10.0. The Kier molecular flexibility index (Phi) is 15.2. The summed E-state index contributed by atoms with van der Waals surface area (Å²) < 4.78 is 11.5. The zero-order chi connectivity index (χ0) is 21.8. The maximum absolute atomic E-state index is 5.83. The van der Waals surface area contributed by atoms with E-state index in [1.807, 2.05) is 30.3 Å². The molecule has 1 aliphatic heterocycles. The van der Waals surface area contributed by atoms with Crippen molar-refractivity contribution in [3.05, 3.63) is 35.9 Å². The third kappa shape index (κ3) is 12.9. The Bertz CT molecular complexity index is 557. The predicted molar refractivity (Wildman–Crippen MR) is 133 cm³/mol. The number of nitrogens with zero attached hydrogens (tertiary/aromatic N) is 1. The molecule has 1 aliphatic rings. The van der Waals surface area contributed by atoms with Crippen LogP contribution in [0.3, 0.4) is 0 Å². The van der Waals surface area contributed by atoms with E-state index in [-0.39, 0.29) is 6.04 Å². The largest absolute Gasteiger partial charge is 0.475 e. The molecule has 2 rings (SSSR count). The Morgan fingerprint density at radius 3 is 1.81 bits per heavy atom. The van der Waals surface area contributed by atoms with E-state index in [0.717, 1.165) is 18.1 Å². The van der Waals surface area contributed by atoms with Gasteiger partial charge in [-0.25, -0.2) is 4.99 Å². The zero-order valence-corrected chi connectivity index (χ0v) is 20.2. The first kappa shape index (κ1) is 25.9. The number of aliphatic imine (C=N–C) groups is 1. The fourth-order valence-electron chi connectivity index (χ4n) is 4.21. The number of hydrogen-bond donors (Lipinski definition) is 0. The molecule has 0 N–H and O–H groups in total. The summed E-state index contributed by atoms with van der Waals surface area (Å²) in [6.07, 6.45) is 22.4. The van der Waals surface area contributed by atoms with Crippen LogP contribution in [0.2, 0.25) is 0 Å². The lowest BCUT2D eigenvalue weighted by Crippen LogP contribution is -2.15. The molecule has 0 aliphatic carbocycles. The highest BCUT2D eigenvalue weighted by Gasteiger charge is 2.19. The molecule has 0 saturated carbocycles. The second kappa shape index (κ2) is 18.2. The van der Waals surface area contributed by atoms with Crippen LogP contribution in [0.15, 0.2) is 35.3 Å². The van der Waals surface area contributed by atoms with Gasteiger partial charge in [-0.05, 0) is 18.6 Å². The lowest BCUT2D eigenvalue weighted by molar-refractivity contribution is 0.109. The summed E-state index contributed by atoms with van der Waals surface area (Å²) >= 11 is 0. The highest BCUT2D eigenvalue weighted by Crippen LogP contribution is 2.14. The van der Waals surface area contributed by atoms with E-state index in [4.69, 9.17) is 9.47 Å². The first-order valence-corrected chi connectivity index (χ1v) is 13.2. The van der Waals surface area contributed by atoms with Crippen molar-refractivity contribution in [3.63, 3.8) is 0 Å². The summed E-state index contributed by atoms with van der Waals surface area (Å²) in [7, 11) is 0. The molecular weight excluding hydrogens is 382 g/mol. The van der Waals surface area contributed by atoms with E-state index >= 15 is 0 Å². The molecule has 1 heterocycles. The van der Waals surface area contributed by atoms with Gasteiger partial charge in [0.25, 0.3) is 0 Å². The van der Waals surface area contributed by atoms with Gasteiger partial charge in [0.1, 0.15) is 12.6 Å². The highest BCUT2D eigenvalue weighted by atomic mass is 16.5. The molecule has 0 bridgehead atoms. The Balaban J connectivity index is 1.29. The van der Waals surface area contributed by atoms with Crippen LogP contribution in [0.25, 0.3) is 0 Å². The summed E-state index contributed by atoms with van der Waals surface area (Å²) in [5.74, 6) is 0.761. The van der Waals surface area contributed by atoms with E-state index in [9.17, 15) is 0 Å². The Morgan fingerprint density at radius 2 is 1.26 bits per heavy atom. The summed E-state index contributed by atoms with van der Waals surface area (Å²) in [6.45, 7) is 4.46. The maximum atomic E-state index is 5.83. The number of ether oxygens (including phenoxy) is 2. The van der Waals surface area contributed by atoms with E-state index in [0.29, 0.717) is 13.2 Å². The fraction of sp³-hybridized carbons (Fsp3) is 0.750. The summed E-state index contributed by atoms with van der Waals surface area (Å²) in [6, 6.07) is 10.3. The minimum absolute atomic E-state index is 0.149. The predicted octanol–water partition coefficient (Wildman–Crippen LogP) is 8.11. The molecule has 3 nitrogen and oxygen atoms in total. The van der Waals surface area contributed by atoms with Crippen molar-refractivity contribution >= 4 is 5.90 Å². The molecule has 1 aromatic carbocycles. The van der Waals surface area contributed by atoms with Gasteiger partial charge < -0.3 is 9.47 Å². The third-order valence-electron chi connectivity index (χ3n) is 6.19. The SMILES string of the molecule is CCCCCCCCCCCCCCCCCCOCC1COC(c2ccccc2)=N1. The van der Waals surface area contributed by atoms with E-state index in [1.54, 1.807) is 0 Å². The molecule has 0 aromatic heterocycles. The molecule has 0 radical (unpaired) electrons. The van der Waals surface area contributed by atoms with Crippen LogP contribution in [0.5, 0.6) is 0 Å². The van der Waals surface area contributed by atoms with Gasteiger partial charge in [0.15, 0.2) is 0 Å². The minimum atomic E-state index is 0.149. The van der Waals surface area contributed by atoms with Gasteiger partial charge >= 0.3 is 0 Å². The number of benzene rings is 1. The van der Waals surface area contributed by atoms with Gasteiger partial charge in [-0.1, -0.05) is 121 Å². The van der Waals surface area contributed by atoms with Crippen LogP contribution < -0.4 is 0 Å². The van der Waals surface area contributed by atoms with Crippen molar-refractivity contribution in [1.82, 2.24) is 0 Å². The molecule has 0 spiro atoms. The average molecular weight is 430 g/mol. The molecule has 1 unspecified atom stereocenters. The molecule has 3 heteroatoms. The van der Waals surface area contributed by atoms with Gasteiger partial charge in [0.2, 0.25) is 5.90 Å². The molecular formula is C28H47NO2. The van der Waals surface area contributed by atoms with Gasteiger partial charge in [-0.2, -0.15) is 0 Å². The van der Waals surface area contributed by atoms with Gasteiger partial charge in [-0.15, -0.1) is 0 Å². The normalized spacial score (nSPS) is 15.8. The highest BCUT2D eigenvalue weighted by molar-refractivity contribution is 5.95. The van der Waals surface area contributed by atoms with Crippen molar-refractivity contribution in [3.8, 4) is 0 Å². The summed E-state index contributed by atoms with van der Waals surface area (Å²) in [5, 5.41) is 0. The Hall–Kier alpha value is -1.35. The number of hydrogen-bond acceptors (Lipinski definition) is 3. The van der Waals surface area contributed by atoms with Gasteiger partial charge in [-0.3, -0.25) is 0 Å². The molecule has 0 amide bonds. The zero-order valence-electron chi connectivity index (χ0n) is 20.2. The average Bonchev–Trinajstić information content (AvgIpc) is 3.28. The maximum Gasteiger partial charge on any atom is 0.216 e.